The number of amides is 2. The molecule has 1 aliphatic rings. The number of rotatable bonds is 5. The third-order valence-corrected chi connectivity index (χ3v) is 5.44. The van der Waals surface area contributed by atoms with Crippen molar-refractivity contribution in [1.29, 1.82) is 0 Å². The van der Waals surface area contributed by atoms with Gasteiger partial charge >= 0.3 is 0 Å². The van der Waals surface area contributed by atoms with E-state index in [0.29, 0.717) is 13.1 Å². The van der Waals surface area contributed by atoms with E-state index in [1.54, 1.807) is 13.1 Å². The number of carbonyl (C=O) groups excluding carboxylic acids is 2. The Labute approximate surface area is 135 Å². The van der Waals surface area contributed by atoms with Gasteiger partial charge in [-0.05, 0) is 18.2 Å². The van der Waals surface area contributed by atoms with E-state index >= 15 is 0 Å². The zero-order chi connectivity index (χ0) is 17.2. The monoisotopic (exact) mass is 341 g/mol. The van der Waals surface area contributed by atoms with Gasteiger partial charge in [-0.25, -0.2) is 8.42 Å². The summed E-state index contributed by atoms with van der Waals surface area (Å²) in [5, 5.41) is 2.54. The molecule has 126 valence electrons. The first-order valence-electron chi connectivity index (χ1n) is 6.95. The molecule has 0 bridgehead atoms. The number of hydrogen-bond acceptors (Lipinski definition) is 5. The predicted molar refractivity (Wildman–Crippen MR) is 81.9 cm³/mol. The van der Waals surface area contributed by atoms with Gasteiger partial charge < -0.3 is 10.2 Å². The maximum Gasteiger partial charge on any atom is 0.264 e. The van der Waals surface area contributed by atoms with E-state index in [0.717, 1.165) is 4.47 Å². The van der Waals surface area contributed by atoms with Crippen LogP contribution in [0.1, 0.15) is 10.4 Å². The van der Waals surface area contributed by atoms with Crippen molar-refractivity contribution in [3.63, 3.8) is 0 Å². The van der Waals surface area contributed by atoms with Crippen molar-refractivity contribution in [3.05, 3.63) is 29.8 Å². The number of nitrogens with zero attached hydrogens (tertiary/aromatic N) is 2. The van der Waals surface area contributed by atoms with Crippen molar-refractivity contribution in [3.8, 4) is 0 Å². The fraction of sp³-hybridized carbons (Fsp3) is 0.429. The third kappa shape index (κ3) is 3.36. The van der Waals surface area contributed by atoms with E-state index in [1.807, 2.05) is 0 Å². The summed E-state index contributed by atoms with van der Waals surface area (Å²) < 4.78 is 25.1. The fourth-order valence-electron chi connectivity index (χ4n) is 2.23. The molecule has 0 spiro atoms. The molecule has 1 fully saturated rings. The summed E-state index contributed by atoms with van der Waals surface area (Å²) in [5.74, 6) is -0.620. The van der Waals surface area contributed by atoms with E-state index in [4.69, 9.17) is 4.84 Å². The fourth-order valence-corrected chi connectivity index (χ4v) is 3.25. The number of benzene rings is 1. The Balaban J connectivity index is 2.15. The number of carbonyl (C=O) groups is 2. The minimum absolute atomic E-state index is 0.0314. The van der Waals surface area contributed by atoms with Gasteiger partial charge in [0.2, 0.25) is 5.91 Å². The first kappa shape index (κ1) is 17.4. The van der Waals surface area contributed by atoms with Gasteiger partial charge in [-0.1, -0.05) is 10.5 Å². The lowest BCUT2D eigenvalue weighted by Gasteiger charge is -2.38. The highest BCUT2D eigenvalue weighted by atomic mass is 32.2. The Hall–Kier alpha value is -1.97. The molecule has 0 atom stereocenters. The van der Waals surface area contributed by atoms with Crippen LogP contribution in [-0.4, -0.2) is 63.9 Å². The zero-order valence-corrected chi connectivity index (χ0v) is 14.0. The van der Waals surface area contributed by atoms with E-state index in [-0.39, 0.29) is 28.2 Å². The van der Waals surface area contributed by atoms with Crippen LogP contribution in [0.5, 0.6) is 0 Å². The van der Waals surface area contributed by atoms with Crippen LogP contribution < -0.4 is 5.32 Å². The third-order valence-electron chi connectivity index (χ3n) is 3.76. The van der Waals surface area contributed by atoms with Crippen molar-refractivity contribution >= 4 is 21.8 Å². The minimum atomic E-state index is -3.81. The van der Waals surface area contributed by atoms with Gasteiger partial charge in [0, 0.05) is 32.7 Å². The van der Waals surface area contributed by atoms with Crippen LogP contribution in [0.25, 0.3) is 0 Å². The van der Waals surface area contributed by atoms with Gasteiger partial charge in [-0.15, -0.1) is 0 Å². The average Bonchev–Trinajstić information content (AvgIpc) is 2.52. The van der Waals surface area contributed by atoms with E-state index < -0.39 is 10.0 Å². The van der Waals surface area contributed by atoms with Crippen LogP contribution in [-0.2, 0) is 19.7 Å². The van der Waals surface area contributed by atoms with Gasteiger partial charge in [0.25, 0.3) is 15.9 Å². The summed E-state index contributed by atoms with van der Waals surface area (Å²) in [6, 6.07) is 5.74. The Morgan fingerprint density at radius 3 is 2.57 bits per heavy atom. The summed E-state index contributed by atoms with van der Waals surface area (Å²) in [5.41, 5.74) is 0.255. The molecule has 2 amide bonds. The Bertz CT molecular complexity index is 713. The molecule has 1 aromatic carbocycles. The van der Waals surface area contributed by atoms with Crippen molar-refractivity contribution in [2.24, 2.45) is 5.92 Å². The van der Waals surface area contributed by atoms with E-state index in [1.165, 1.54) is 37.3 Å². The number of hydroxylamine groups is 1. The SMILES string of the molecule is CNC(=O)C1CN(C(=O)c2cccc(S(=O)(=O)N(C)OC)c2)C1. The second kappa shape index (κ2) is 6.65. The maximum absolute atomic E-state index is 12.4. The smallest absolute Gasteiger partial charge is 0.264 e. The maximum atomic E-state index is 12.4. The van der Waals surface area contributed by atoms with Crippen LogP contribution in [0.3, 0.4) is 0 Å². The minimum Gasteiger partial charge on any atom is -0.359 e. The molecule has 1 heterocycles. The first-order valence-corrected chi connectivity index (χ1v) is 8.39. The number of nitrogens with one attached hydrogen (secondary N) is 1. The molecule has 1 aliphatic heterocycles. The largest absolute Gasteiger partial charge is 0.359 e. The lowest BCUT2D eigenvalue weighted by molar-refractivity contribution is -0.128. The number of likely N-dealkylation sites (tertiary alicyclic amines) is 1. The Morgan fingerprint density at radius 1 is 1.35 bits per heavy atom. The zero-order valence-electron chi connectivity index (χ0n) is 13.1. The molecule has 1 saturated heterocycles. The predicted octanol–water partition coefficient (Wildman–Crippen LogP) is -0.313. The number of hydrogen-bond donors (Lipinski definition) is 1. The topological polar surface area (TPSA) is 96.0 Å². The van der Waals surface area contributed by atoms with Crippen LogP contribution in [0.4, 0.5) is 0 Å². The molecule has 0 aliphatic carbocycles. The summed E-state index contributed by atoms with van der Waals surface area (Å²) in [6.07, 6.45) is 0. The lowest BCUT2D eigenvalue weighted by Crippen LogP contribution is -2.55. The second-order valence-corrected chi connectivity index (χ2v) is 7.08. The summed E-state index contributed by atoms with van der Waals surface area (Å²) in [7, 11) is 0.250. The van der Waals surface area contributed by atoms with Crippen LogP contribution in [0.2, 0.25) is 0 Å². The molecule has 0 aromatic heterocycles. The molecule has 23 heavy (non-hydrogen) atoms. The second-order valence-electron chi connectivity index (χ2n) is 5.15. The highest BCUT2D eigenvalue weighted by Crippen LogP contribution is 2.21. The van der Waals surface area contributed by atoms with Gasteiger partial charge in [-0.3, -0.25) is 14.4 Å². The van der Waals surface area contributed by atoms with E-state index in [2.05, 4.69) is 5.32 Å². The van der Waals surface area contributed by atoms with Crippen LogP contribution in [0, 0.1) is 5.92 Å². The van der Waals surface area contributed by atoms with Gasteiger partial charge in [-0.2, -0.15) is 0 Å². The molecule has 0 saturated carbocycles. The van der Waals surface area contributed by atoms with Crippen molar-refractivity contribution in [2.75, 3.05) is 34.3 Å². The van der Waals surface area contributed by atoms with Gasteiger partial charge in [0.1, 0.15) is 0 Å². The van der Waals surface area contributed by atoms with Crippen molar-refractivity contribution in [1.82, 2.24) is 14.7 Å². The van der Waals surface area contributed by atoms with Gasteiger partial charge in [0.05, 0.1) is 17.9 Å². The van der Waals surface area contributed by atoms with Gasteiger partial charge in [0.15, 0.2) is 0 Å². The molecule has 2 rings (SSSR count). The summed E-state index contributed by atoms with van der Waals surface area (Å²) in [6.45, 7) is 0.654. The lowest BCUT2D eigenvalue weighted by atomic mass is 9.98. The molecule has 1 N–H and O–H groups in total. The molecular weight excluding hydrogens is 322 g/mol. The molecule has 0 unspecified atom stereocenters. The van der Waals surface area contributed by atoms with Crippen LogP contribution in [0.15, 0.2) is 29.2 Å². The summed E-state index contributed by atoms with van der Waals surface area (Å²) in [4.78, 5) is 30.0. The first-order chi connectivity index (χ1) is 10.8. The highest BCUT2D eigenvalue weighted by Gasteiger charge is 2.35. The van der Waals surface area contributed by atoms with Crippen LogP contribution >= 0.6 is 0 Å². The molecule has 9 heteroatoms. The van der Waals surface area contributed by atoms with Crippen molar-refractivity contribution < 1.29 is 22.8 Å². The highest BCUT2D eigenvalue weighted by molar-refractivity contribution is 7.89. The molecular formula is C14H19N3O5S. The Kier molecular flexibility index (Phi) is 5.03. The quantitative estimate of drug-likeness (QED) is 0.741. The summed E-state index contributed by atoms with van der Waals surface area (Å²) >= 11 is 0. The Morgan fingerprint density at radius 2 is 2.00 bits per heavy atom. The average molecular weight is 341 g/mol. The number of sulfonamides is 1. The normalized spacial score (nSPS) is 15.4. The van der Waals surface area contributed by atoms with Crippen molar-refractivity contribution in [2.45, 2.75) is 4.90 Å². The molecule has 0 radical (unpaired) electrons. The molecule has 8 nitrogen and oxygen atoms in total. The standard InChI is InChI=1S/C14H19N3O5S/c1-15-13(18)11-8-17(9-11)14(19)10-5-4-6-12(7-10)23(20,21)16(2)22-3/h4-7,11H,8-9H2,1-3H3,(H,15,18). The molecule has 1 aromatic rings. The van der Waals surface area contributed by atoms with E-state index in [9.17, 15) is 18.0 Å².